The Kier molecular flexibility index (Phi) is 5.31. The number of benzene rings is 2. The van der Waals surface area contributed by atoms with Crippen molar-refractivity contribution in [3.05, 3.63) is 89.3 Å². The van der Waals surface area contributed by atoms with Crippen LogP contribution in [0.15, 0.2) is 55.0 Å². The molecule has 0 saturated carbocycles. The van der Waals surface area contributed by atoms with Crippen LogP contribution in [0.1, 0.15) is 36.5 Å². The molecule has 0 atom stereocenters. The molecular formula is C26H26F2N6. The van der Waals surface area contributed by atoms with Gasteiger partial charge in [0.05, 0.1) is 17.7 Å². The lowest BCUT2D eigenvalue weighted by Gasteiger charge is -2.21. The highest BCUT2D eigenvalue weighted by Gasteiger charge is 2.40. The zero-order valence-corrected chi connectivity index (χ0v) is 19.6. The lowest BCUT2D eigenvalue weighted by atomic mass is 9.88. The van der Waals surface area contributed by atoms with E-state index in [1.807, 2.05) is 20.0 Å². The molecule has 0 saturated heterocycles. The largest absolute Gasteiger partial charge is 0.373 e. The zero-order valence-electron chi connectivity index (χ0n) is 19.6. The van der Waals surface area contributed by atoms with E-state index >= 15 is 0 Å². The summed E-state index contributed by atoms with van der Waals surface area (Å²) in [5.41, 5.74) is 3.71. The van der Waals surface area contributed by atoms with Crippen molar-refractivity contribution >= 4 is 17.3 Å². The molecule has 0 aliphatic carbocycles. The summed E-state index contributed by atoms with van der Waals surface area (Å²) >= 11 is 0. The summed E-state index contributed by atoms with van der Waals surface area (Å²) in [5.74, 6) is 1.51. The average molecular weight is 461 g/mol. The van der Waals surface area contributed by atoms with Gasteiger partial charge in [-0.15, -0.1) is 0 Å². The second kappa shape index (κ2) is 8.20. The molecule has 0 amide bonds. The molecular weight excluding hydrogens is 434 g/mol. The first kappa shape index (κ1) is 22.0. The topological polar surface area (TPSA) is 58.9 Å². The minimum atomic E-state index is -0.334. The van der Waals surface area contributed by atoms with E-state index in [2.05, 4.69) is 29.0 Å². The van der Waals surface area contributed by atoms with Gasteiger partial charge in [-0.25, -0.2) is 23.7 Å². The van der Waals surface area contributed by atoms with Gasteiger partial charge in [-0.1, -0.05) is 19.9 Å². The standard InChI is InChI=1S/C26H26F2N6/c1-16-13-33(15-30-16)21-10-5-17(11-20(21)28)12-22-31-24(29-4)23-25(32-22)34(14-26(23,2)3)19-8-6-18(27)7-9-19/h5-11,13,15H,12,14H2,1-4H3,(H,29,31,32). The number of fused-ring (bicyclic) bond motifs is 1. The van der Waals surface area contributed by atoms with E-state index in [-0.39, 0.29) is 17.0 Å². The zero-order chi connectivity index (χ0) is 24.0. The normalized spacial score (nSPS) is 14.4. The molecule has 4 aromatic rings. The van der Waals surface area contributed by atoms with Gasteiger partial charge in [0.2, 0.25) is 0 Å². The van der Waals surface area contributed by atoms with E-state index in [1.165, 1.54) is 18.2 Å². The molecule has 3 heterocycles. The third-order valence-corrected chi connectivity index (χ3v) is 6.16. The highest BCUT2D eigenvalue weighted by atomic mass is 19.1. The minimum Gasteiger partial charge on any atom is -0.373 e. The van der Waals surface area contributed by atoms with Crippen molar-refractivity contribution in [3.63, 3.8) is 0 Å². The van der Waals surface area contributed by atoms with Crippen molar-refractivity contribution in [1.29, 1.82) is 0 Å². The lowest BCUT2D eigenvalue weighted by molar-refractivity contribution is 0.568. The van der Waals surface area contributed by atoms with Gasteiger partial charge >= 0.3 is 0 Å². The van der Waals surface area contributed by atoms with Crippen molar-refractivity contribution in [3.8, 4) is 5.69 Å². The quantitative estimate of drug-likeness (QED) is 0.437. The summed E-state index contributed by atoms with van der Waals surface area (Å²) in [6, 6.07) is 11.6. The molecule has 1 N–H and O–H groups in total. The van der Waals surface area contributed by atoms with Gasteiger partial charge < -0.3 is 14.8 Å². The molecule has 0 unspecified atom stereocenters. The first-order chi connectivity index (χ1) is 16.2. The first-order valence-electron chi connectivity index (χ1n) is 11.2. The predicted molar refractivity (Wildman–Crippen MR) is 129 cm³/mol. The van der Waals surface area contributed by atoms with Crippen LogP contribution in [-0.4, -0.2) is 33.1 Å². The van der Waals surface area contributed by atoms with Gasteiger partial charge in [-0.2, -0.15) is 0 Å². The van der Waals surface area contributed by atoms with Crippen LogP contribution in [-0.2, 0) is 11.8 Å². The molecule has 34 heavy (non-hydrogen) atoms. The summed E-state index contributed by atoms with van der Waals surface area (Å²) in [6.07, 6.45) is 3.76. The maximum Gasteiger partial charge on any atom is 0.147 e. The fourth-order valence-electron chi connectivity index (χ4n) is 4.56. The number of nitrogens with zero attached hydrogens (tertiary/aromatic N) is 5. The second-order valence-electron chi connectivity index (χ2n) is 9.27. The van der Waals surface area contributed by atoms with E-state index in [4.69, 9.17) is 9.97 Å². The SMILES string of the molecule is CNc1nc(Cc2ccc(-n3cnc(C)c3)c(F)c2)nc2c1C(C)(C)CN2c1ccc(F)cc1. The molecule has 0 fully saturated rings. The molecule has 0 spiro atoms. The second-order valence-corrected chi connectivity index (χ2v) is 9.27. The first-order valence-corrected chi connectivity index (χ1v) is 11.2. The van der Waals surface area contributed by atoms with Crippen LogP contribution in [0, 0.1) is 18.6 Å². The number of aryl methyl sites for hydroxylation is 1. The van der Waals surface area contributed by atoms with Crippen LogP contribution in [0.25, 0.3) is 5.69 Å². The fraction of sp³-hybridized carbons (Fsp3) is 0.269. The Balaban J connectivity index is 1.52. The Morgan fingerprint density at radius 2 is 1.82 bits per heavy atom. The summed E-state index contributed by atoms with van der Waals surface area (Å²) in [5, 5.41) is 3.21. The van der Waals surface area contributed by atoms with E-state index in [1.54, 1.807) is 35.3 Å². The molecule has 0 bridgehead atoms. The number of nitrogens with one attached hydrogen (secondary N) is 1. The molecule has 5 rings (SSSR count). The molecule has 1 aliphatic rings. The molecule has 1 aliphatic heterocycles. The number of hydrogen-bond donors (Lipinski definition) is 1. The Morgan fingerprint density at radius 1 is 1.06 bits per heavy atom. The molecule has 0 radical (unpaired) electrons. The predicted octanol–water partition coefficient (Wildman–Crippen LogP) is 5.31. The van der Waals surface area contributed by atoms with E-state index in [9.17, 15) is 8.78 Å². The summed E-state index contributed by atoms with van der Waals surface area (Å²) < 4.78 is 30.1. The van der Waals surface area contributed by atoms with E-state index in [0.717, 1.165) is 34.1 Å². The number of aromatic nitrogens is 4. The third kappa shape index (κ3) is 3.89. The van der Waals surface area contributed by atoms with Crippen LogP contribution in [0.3, 0.4) is 0 Å². The van der Waals surface area contributed by atoms with Gasteiger partial charge in [0.1, 0.15) is 29.1 Å². The summed E-state index contributed by atoms with van der Waals surface area (Å²) in [7, 11) is 1.84. The van der Waals surface area contributed by atoms with Crippen molar-refractivity contribution in [2.75, 3.05) is 23.8 Å². The molecule has 174 valence electrons. The van der Waals surface area contributed by atoms with Crippen molar-refractivity contribution in [2.45, 2.75) is 32.6 Å². The highest BCUT2D eigenvalue weighted by Crippen LogP contribution is 2.46. The molecule has 8 heteroatoms. The number of imidazole rings is 1. The monoisotopic (exact) mass is 460 g/mol. The van der Waals surface area contributed by atoms with Gasteiger partial charge in [0.15, 0.2) is 0 Å². The Hall–Kier alpha value is -3.81. The average Bonchev–Trinajstić information content (AvgIpc) is 3.34. The van der Waals surface area contributed by atoms with E-state index in [0.29, 0.717) is 24.5 Å². The number of rotatable bonds is 5. The van der Waals surface area contributed by atoms with Crippen LogP contribution in [0.4, 0.5) is 26.1 Å². The Morgan fingerprint density at radius 3 is 2.47 bits per heavy atom. The number of anilines is 3. The van der Waals surface area contributed by atoms with Gasteiger partial charge in [-0.05, 0) is 48.9 Å². The van der Waals surface area contributed by atoms with Crippen LogP contribution >= 0.6 is 0 Å². The molecule has 2 aromatic heterocycles. The Labute approximate surface area is 197 Å². The van der Waals surface area contributed by atoms with Crippen molar-refractivity contribution in [2.24, 2.45) is 0 Å². The lowest BCUT2D eigenvalue weighted by Crippen LogP contribution is -2.25. The van der Waals surface area contributed by atoms with Crippen molar-refractivity contribution in [1.82, 2.24) is 19.5 Å². The maximum absolute atomic E-state index is 14.9. The van der Waals surface area contributed by atoms with Gasteiger partial charge in [0.25, 0.3) is 0 Å². The van der Waals surface area contributed by atoms with Crippen molar-refractivity contribution < 1.29 is 8.78 Å². The molecule has 6 nitrogen and oxygen atoms in total. The van der Waals surface area contributed by atoms with Gasteiger partial charge in [0, 0.05) is 42.9 Å². The Bertz CT molecular complexity index is 1360. The fourth-order valence-corrected chi connectivity index (χ4v) is 4.56. The van der Waals surface area contributed by atoms with Crippen LogP contribution in [0.2, 0.25) is 0 Å². The third-order valence-electron chi connectivity index (χ3n) is 6.16. The maximum atomic E-state index is 14.9. The smallest absolute Gasteiger partial charge is 0.147 e. The number of halogens is 2. The van der Waals surface area contributed by atoms with Crippen LogP contribution in [0.5, 0.6) is 0 Å². The number of hydrogen-bond acceptors (Lipinski definition) is 5. The highest BCUT2D eigenvalue weighted by molar-refractivity contribution is 5.74. The van der Waals surface area contributed by atoms with Crippen LogP contribution < -0.4 is 10.2 Å². The summed E-state index contributed by atoms with van der Waals surface area (Å²) in [6.45, 7) is 6.84. The van der Waals surface area contributed by atoms with Gasteiger partial charge in [-0.3, -0.25) is 0 Å². The van der Waals surface area contributed by atoms with E-state index < -0.39 is 0 Å². The molecule has 2 aromatic carbocycles. The summed E-state index contributed by atoms with van der Waals surface area (Å²) in [4.78, 5) is 15.9. The minimum absolute atomic E-state index is 0.211.